The van der Waals surface area contributed by atoms with Gasteiger partial charge in [-0.05, 0) is 37.1 Å². The zero-order valence-electron chi connectivity index (χ0n) is 17.7. The Kier molecular flexibility index (Phi) is 6.26. The lowest BCUT2D eigenvalue weighted by molar-refractivity contribution is -0.116. The maximum atomic E-state index is 12.5. The SMILES string of the molecule is Cc1ccc2c(c1)C(=O)N(CCCC(=O)Nc1ccc(OCc3ccccc3)nc1)C2=O. The van der Waals surface area contributed by atoms with Crippen molar-refractivity contribution in [1.29, 1.82) is 0 Å². The lowest BCUT2D eigenvalue weighted by Gasteiger charge is -2.13. The predicted octanol–water partition coefficient (Wildman–Crippen LogP) is 3.98. The van der Waals surface area contributed by atoms with Gasteiger partial charge in [-0.15, -0.1) is 0 Å². The molecule has 0 saturated heterocycles. The zero-order valence-corrected chi connectivity index (χ0v) is 17.7. The van der Waals surface area contributed by atoms with E-state index in [4.69, 9.17) is 4.74 Å². The highest BCUT2D eigenvalue weighted by Crippen LogP contribution is 2.24. The molecule has 7 nitrogen and oxygen atoms in total. The van der Waals surface area contributed by atoms with E-state index in [9.17, 15) is 14.4 Å². The van der Waals surface area contributed by atoms with Crippen LogP contribution in [-0.2, 0) is 11.4 Å². The van der Waals surface area contributed by atoms with Crippen molar-refractivity contribution in [1.82, 2.24) is 9.88 Å². The van der Waals surface area contributed by atoms with Crippen LogP contribution < -0.4 is 10.1 Å². The highest BCUT2D eigenvalue weighted by atomic mass is 16.5. The normalized spacial score (nSPS) is 12.6. The number of fused-ring (bicyclic) bond motifs is 1. The maximum Gasteiger partial charge on any atom is 0.261 e. The number of carbonyl (C=O) groups is 3. The number of nitrogens with zero attached hydrogens (tertiary/aromatic N) is 2. The molecule has 0 bridgehead atoms. The van der Waals surface area contributed by atoms with Gasteiger partial charge in [-0.1, -0.05) is 42.0 Å². The van der Waals surface area contributed by atoms with Gasteiger partial charge in [-0.3, -0.25) is 19.3 Å². The number of hydrogen-bond acceptors (Lipinski definition) is 5. The molecular formula is C25H23N3O4. The van der Waals surface area contributed by atoms with Gasteiger partial charge in [0.05, 0.1) is 23.0 Å². The van der Waals surface area contributed by atoms with Crippen molar-refractivity contribution < 1.29 is 19.1 Å². The minimum Gasteiger partial charge on any atom is -0.473 e. The molecule has 0 spiro atoms. The quantitative estimate of drug-likeness (QED) is 0.547. The summed E-state index contributed by atoms with van der Waals surface area (Å²) < 4.78 is 5.63. The number of ether oxygens (including phenoxy) is 1. The van der Waals surface area contributed by atoms with Crippen molar-refractivity contribution in [2.24, 2.45) is 0 Å². The van der Waals surface area contributed by atoms with Crippen LogP contribution in [0.25, 0.3) is 0 Å². The third-order valence-electron chi connectivity index (χ3n) is 5.16. The van der Waals surface area contributed by atoms with E-state index in [2.05, 4.69) is 10.3 Å². The molecule has 0 fully saturated rings. The molecule has 162 valence electrons. The molecule has 0 unspecified atom stereocenters. The first-order valence-electron chi connectivity index (χ1n) is 10.4. The Morgan fingerprint density at radius 3 is 2.53 bits per heavy atom. The standard InChI is InChI=1S/C25H23N3O4/c1-17-9-11-20-21(14-17)25(31)28(24(20)30)13-5-8-22(29)27-19-10-12-23(26-15-19)32-16-18-6-3-2-4-7-18/h2-4,6-7,9-12,14-15H,5,8,13,16H2,1H3,(H,27,29). The van der Waals surface area contributed by atoms with Crippen LogP contribution in [0.15, 0.2) is 66.9 Å². The summed E-state index contributed by atoms with van der Waals surface area (Å²) in [5.74, 6) is -0.352. The molecule has 1 aromatic heterocycles. The third-order valence-corrected chi connectivity index (χ3v) is 5.16. The second kappa shape index (κ2) is 9.43. The predicted molar refractivity (Wildman–Crippen MR) is 119 cm³/mol. The van der Waals surface area contributed by atoms with Gasteiger partial charge in [0.15, 0.2) is 0 Å². The second-order valence-corrected chi connectivity index (χ2v) is 7.62. The zero-order chi connectivity index (χ0) is 22.5. The Morgan fingerprint density at radius 1 is 1.00 bits per heavy atom. The van der Waals surface area contributed by atoms with Crippen molar-refractivity contribution >= 4 is 23.4 Å². The molecule has 2 aromatic carbocycles. The molecule has 7 heteroatoms. The van der Waals surface area contributed by atoms with Crippen LogP contribution in [0.5, 0.6) is 5.88 Å². The summed E-state index contributed by atoms with van der Waals surface area (Å²) in [4.78, 5) is 42.6. The molecule has 1 aliphatic heterocycles. The molecule has 2 heterocycles. The summed E-state index contributed by atoms with van der Waals surface area (Å²) in [6, 6.07) is 18.4. The average molecular weight is 429 g/mol. The van der Waals surface area contributed by atoms with E-state index in [1.807, 2.05) is 43.3 Å². The highest BCUT2D eigenvalue weighted by Gasteiger charge is 2.34. The van der Waals surface area contributed by atoms with Crippen molar-refractivity contribution in [3.8, 4) is 5.88 Å². The van der Waals surface area contributed by atoms with Crippen molar-refractivity contribution in [3.05, 3.63) is 89.1 Å². The van der Waals surface area contributed by atoms with E-state index in [1.165, 1.54) is 11.1 Å². The summed E-state index contributed by atoms with van der Waals surface area (Å²) in [5, 5.41) is 2.77. The molecular weight excluding hydrogens is 406 g/mol. The fourth-order valence-corrected chi connectivity index (χ4v) is 3.50. The smallest absolute Gasteiger partial charge is 0.261 e. The van der Waals surface area contributed by atoms with E-state index in [1.54, 1.807) is 24.3 Å². The van der Waals surface area contributed by atoms with Gasteiger partial charge >= 0.3 is 0 Å². The molecule has 0 saturated carbocycles. The summed E-state index contributed by atoms with van der Waals surface area (Å²) in [6.45, 7) is 2.49. The van der Waals surface area contributed by atoms with Crippen LogP contribution in [0.4, 0.5) is 5.69 Å². The summed E-state index contributed by atoms with van der Waals surface area (Å²) in [5.41, 5.74) is 3.38. The molecule has 1 N–H and O–H groups in total. The Bertz CT molecular complexity index is 1140. The lowest BCUT2D eigenvalue weighted by Crippen LogP contribution is -2.31. The monoisotopic (exact) mass is 429 g/mol. The van der Waals surface area contributed by atoms with Crippen LogP contribution in [0.2, 0.25) is 0 Å². The van der Waals surface area contributed by atoms with Crippen molar-refractivity contribution in [2.75, 3.05) is 11.9 Å². The molecule has 3 aromatic rings. The average Bonchev–Trinajstić information content (AvgIpc) is 3.03. The van der Waals surface area contributed by atoms with E-state index >= 15 is 0 Å². The number of amides is 3. The number of carbonyl (C=O) groups excluding carboxylic acids is 3. The van der Waals surface area contributed by atoms with Gasteiger partial charge < -0.3 is 10.1 Å². The van der Waals surface area contributed by atoms with Gasteiger partial charge in [-0.25, -0.2) is 4.98 Å². The topological polar surface area (TPSA) is 88.6 Å². The minimum atomic E-state index is -0.305. The number of anilines is 1. The van der Waals surface area contributed by atoms with Crippen LogP contribution in [0, 0.1) is 6.92 Å². The van der Waals surface area contributed by atoms with Crippen molar-refractivity contribution in [2.45, 2.75) is 26.4 Å². The van der Waals surface area contributed by atoms with Crippen LogP contribution in [0.1, 0.15) is 44.7 Å². The summed E-state index contributed by atoms with van der Waals surface area (Å²) >= 11 is 0. The maximum absolute atomic E-state index is 12.5. The van der Waals surface area contributed by atoms with Crippen LogP contribution in [0.3, 0.4) is 0 Å². The highest BCUT2D eigenvalue weighted by molar-refractivity contribution is 6.21. The molecule has 32 heavy (non-hydrogen) atoms. The summed E-state index contributed by atoms with van der Waals surface area (Å²) in [7, 11) is 0. The molecule has 1 aliphatic rings. The number of pyridine rings is 1. The van der Waals surface area contributed by atoms with E-state index < -0.39 is 0 Å². The number of hydrogen-bond donors (Lipinski definition) is 1. The van der Waals surface area contributed by atoms with Gasteiger partial charge in [0.25, 0.3) is 11.8 Å². The Labute approximate surface area is 186 Å². The molecule has 0 aliphatic carbocycles. The second-order valence-electron chi connectivity index (χ2n) is 7.62. The number of nitrogens with one attached hydrogen (secondary N) is 1. The number of aryl methyl sites for hydroxylation is 1. The summed E-state index contributed by atoms with van der Waals surface area (Å²) in [6.07, 6.45) is 2.09. The number of imide groups is 1. The number of rotatable bonds is 8. The van der Waals surface area contributed by atoms with Crippen LogP contribution >= 0.6 is 0 Å². The number of aromatic nitrogens is 1. The lowest BCUT2D eigenvalue weighted by atomic mass is 10.1. The molecule has 0 radical (unpaired) electrons. The van der Waals surface area contributed by atoms with E-state index in [0.29, 0.717) is 35.7 Å². The van der Waals surface area contributed by atoms with Gasteiger partial charge in [0, 0.05) is 19.0 Å². The Balaban J connectivity index is 1.23. The Hall–Kier alpha value is -4.00. The fraction of sp³-hybridized carbons (Fsp3) is 0.200. The van der Waals surface area contributed by atoms with Crippen molar-refractivity contribution in [3.63, 3.8) is 0 Å². The van der Waals surface area contributed by atoms with Gasteiger partial charge in [0.1, 0.15) is 6.61 Å². The fourth-order valence-electron chi connectivity index (χ4n) is 3.50. The first kappa shape index (κ1) is 21.2. The largest absolute Gasteiger partial charge is 0.473 e. The first-order valence-corrected chi connectivity index (χ1v) is 10.4. The van der Waals surface area contributed by atoms with Gasteiger partial charge in [-0.2, -0.15) is 0 Å². The third kappa shape index (κ3) is 4.83. The molecule has 4 rings (SSSR count). The Morgan fingerprint density at radius 2 is 1.78 bits per heavy atom. The minimum absolute atomic E-state index is 0.179. The van der Waals surface area contributed by atoms with E-state index in [-0.39, 0.29) is 30.7 Å². The molecule has 0 atom stereocenters. The first-order chi connectivity index (χ1) is 15.5. The van der Waals surface area contributed by atoms with Crippen LogP contribution in [-0.4, -0.2) is 34.2 Å². The number of benzene rings is 2. The van der Waals surface area contributed by atoms with E-state index in [0.717, 1.165) is 11.1 Å². The molecule has 3 amide bonds. The van der Waals surface area contributed by atoms with Gasteiger partial charge in [0.2, 0.25) is 11.8 Å².